The van der Waals surface area contributed by atoms with Crippen LogP contribution in [-0.4, -0.2) is 9.97 Å². The number of hydrogen-bond acceptors (Lipinski definition) is 4. The van der Waals surface area contributed by atoms with Gasteiger partial charge in [0.2, 0.25) is 0 Å². The van der Waals surface area contributed by atoms with Gasteiger partial charge in [0, 0.05) is 17.0 Å². The van der Waals surface area contributed by atoms with Gasteiger partial charge in [0.05, 0.1) is 11.0 Å². The fraction of sp³-hybridized carbons (Fsp3) is 0.0769. The number of hydrazine groups is 1. The monoisotopic (exact) mass is 224 g/mol. The van der Waals surface area contributed by atoms with Crippen molar-refractivity contribution in [1.82, 2.24) is 9.97 Å². The van der Waals surface area contributed by atoms with Crippen LogP contribution in [0.5, 0.6) is 0 Å². The van der Waals surface area contributed by atoms with Gasteiger partial charge in [0.1, 0.15) is 5.82 Å². The predicted octanol–water partition coefficient (Wildman–Crippen LogP) is 2.38. The molecule has 1 aromatic carbocycles. The van der Waals surface area contributed by atoms with Gasteiger partial charge in [-0.3, -0.25) is 4.98 Å². The average Bonchev–Trinajstić information content (AvgIpc) is 2.37. The Morgan fingerprint density at radius 1 is 1.12 bits per heavy atom. The Hall–Kier alpha value is -2.20. The minimum atomic E-state index is 0.690. The highest BCUT2D eigenvalue weighted by Crippen LogP contribution is 2.25. The summed E-state index contributed by atoms with van der Waals surface area (Å²) in [5, 5.41) is 2.16. The molecular weight excluding hydrogens is 212 g/mol. The normalized spacial score (nSPS) is 10.9. The van der Waals surface area contributed by atoms with Gasteiger partial charge in [-0.25, -0.2) is 10.8 Å². The van der Waals surface area contributed by atoms with E-state index in [2.05, 4.69) is 33.6 Å². The van der Waals surface area contributed by atoms with E-state index in [9.17, 15) is 0 Å². The zero-order chi connectivity index (χ0) is 11.8. The first kappa shape index (κ1) is 9.99. The number of nitrogen functional groups attached to an aromatic ring is 1. The fourth-order valence-electron chi connectivity index (χ4n) is 2.03. The van der Waals surface area contributed by atoms with Crippen LogP contribution in [0.25, 0.3) is 21.8 Å². The van der Waals surface area contributed by atoms with E-state index < -0.39 is 0 Å². The molecule has 3 N–H and O–H groups in total. The molecule has 4 nitrogen and oxygen atoms in total. The van der Waals surface area contributed by atoms with Gasteiger partial charge in [-0.2, -0.15) is 0 Å². The topological polar surface area (TPSA) is 63.8 Å². The number of rotatable bonds is 1. The van der Waals surface area contributed by atoms with E-state index in [0.717, 1.165) is 27.4 Å². The van der Waals surface area contributed by atoms with Crippen LogP contribution in [0.2, 0.25) is 0 Å². The number of pyridine rings is 2. The van der Waals surface area contributed by atoms with E-state index in [1.807, 2.05) is 19.1 Å². The van der Waals surface area contributed by atoms with Gasteiger partial charge in [-0.15, -0.1) is 0 Å². The number of anilines is 1. The van der Waals surface area contributed by atoms with E-state index >= 15 is 0 Å². The molecule has 2 aromatic heterocycles. The highest BCUT2D eigenvalue weighted by atomic mass is 15.2. The van der Waals surface area contributed by atoms with Gasteiger partial charge in [-0.1, -0.05) is 18.2 Å². The van der Waals surface area contributed by atoms with Crippen molar-refractivity contribution in [2.45, 2.75) is 6.92 Å². The van der Waals surface area contributed by atoms with Crippen molar-refractivity contribution < 1.29 is 0 Å². The van der Waals surface area contributed by atoms with Crippen molar-refractivity contribution in [3.63, 3.8) is 0 Å². The molecule has 4 heteroatoms. The van der Waals surface area contributed by atoms with E-state index in [1.54, 1.807) is 6.20 Å². The SMILES string of the molecule is Cc1cc2ccc3cccnc3c2nc1NN. The zero-order valence-electron chi connectivity index (χ0n) is 9.44. The van der Waals surface area contributed by atoms with Gasteiger partial charge in [0.25, 0.3) is 0 Å². The molecule has 0 unspecified atom stereocenters. The lowest BCUT2D eigenvalue weighted by Crippen LogP contribution is -2.10. The zero-order valence-corrected chi connectivity index (χ0v) is 9.44. The Labute approximate surface area is 98.5 Å². The fourth-order valence-corrected chi connectivity index (χ4v) is 2.03. The summed E-state index contributed by atoms with van der Waals surface area (Å²) in [5.41, 5.74) is 5.42. The third-order valence-corrected chi connectivity index (χ3v) is 2.88. The van der Waals surface area contributed by atoms with Crippen LogP contribution in [0.4, 0.5) is 5.82 Å². The number of nitrogens with zero attached hydrogens (tertiary/aromatic N) is 2. The summed E-state index contributed by atoms with van der Waals surface area (Å²) in [5.74, 6) is 6.14. The van der Waals surface area contributed by atoms with Crippen LogP contribution in [0.3, 0.4) is 0 Å². The van der Waals surface area contributed by atoms with Gasteiger partial charge < -0.3 is 5.43 Å². The first-order chi connectivity index (χ1) is 8.29. The van der Waals surface area contributed by atoms with E-state index in [1.165, 1.54) is 0 Å². The number of aryl methyl sites for hydroxylation is 1. The predicted molar refractivity (Wildman–Crippen MR) is 69.6 cm³/mol. The van der Waals surface area contributed by atoms with Crippen LogP contribution in [0.15, 0.2) is 36.5 Å². The summed E-state index contributed by atoms with van der Waals surface area (Å²) in [6.07, 6.45) is 1.78. The molecule has 0 aliphatic carbocycles. The molecule has 84 valence electrons. The molecular formula is C13H12N4. The maximum atomic E-state index is 5.45. The van der Waals surface area contributed by atoms with Crippen molar-refractivity contribution in [1.29, 1.82) is 0 Å². The Balaban J connectivity index is 2.48. The number of aromatic nitrogens is 2. The molecule has 17 heavy (non-hydrogen) atoms. The number of nitrogens with two attached hydrogens (primary N) is 1. The molecule has 0 aliphatic heterocycles. The standard InChI is InChI=1S/C13H12N4/c1-8-7-10-5-4-9-3-2-6-15-11(9)12(10)16-13(8)17-14/h2-7H,14H2,1H3,(H,16,17). The molecule has 0 bridgehead atoms. The molecule has 0 spiro atoms. The molecule has 0 radical (unpaired) electrons. The molecule has 0 amide bonds. The second-order valence-corrected chi connectivity index (χ2v) is 4.01. The summed E-state index contributed by atoms with van der Waals surface area (Å²) >= 11 is 0. The van der Waals surface area contributed by atoms with Crippen molar-refractivity contribution in [2.24, 2.45) is 5.84 Å². The minimum absolute atomic E-state index is 0.690. The molecule has 0 fully saturated rings. The van der Waals surface area contributed by atoms with Gasteiger partial charge >= 0.3 is 0 Å². The first-order valence-corrected chi connectivity index (χ1v) is 5.41. The summed E-state index contributed by atoms with van der Waals surface area (Å²) < 4.78 is 0. The number of fused-ring (bicyclic) bond motifs is 3. The van der Waals surface area contributed by atoms with E-state index in [-0.39, 0.29) is 0 Å². The van der Waals surface area contributed by atoms with Gasteiger partial charge in [0.15, 0.2) is 0 Å². The van der Waals surface area contributed by atoms with Crippen LogP contribution in [0, 0.1) is 6.92 Å². The van der Waals surface area contributed by atoms with Gasteiger partial charge in [-0.05, 0) is 24.6 Å². The Kier molecular flexibility index (Phi) is 2.16. The van der Waals surface area contributed by atoms with E-state index in [0.29, 0.717) is 5.82 Å². The quantitative estimate of drug-likeness (QED) is 0.378. The Morgan fingerprint density at radius 2 is 1.94 bits per heavy atom. The number of benzene rings is 1. The average molecular weight is 224 g/mol. The first-order valence-electron chi connectivity index (χ1n) is 5.41. The number of hydrogen-bond donors (Lipinski definition) is 2. The van der Waals surface area contributed by atoms with Crippen LogP contribution in [-0.2, 0) is 0 Å². The minimum Gasteiger partial charge on any atom is -0.308 e. The van der Waals surface area contributed by atoms with Crippen LogP contribution >= 0.6 is 0 Å². The highest BCUT2D eigenvalue weighted by molar-refractivity contribution is 6.03. The summed E-state index contributed by atoms with van der Waals surface area (Å²) in [6.45, 7) is 1.98. The number of nitrogens with one attached hydrogen (secondary N) is 1. The lowest BCUT2D eigenvalue weighted by molar-refractivity contribution is 1.23. The highest BCUT2D eigenvalue weighted by Gasteiger charge is 2.06. The lowest BCUT2D eigenvalue weighted by Gasteiger charge is -2.07. The largest absolute Gasteiger partial charge is 0.308 e. The second kappa shape index (κ2) is 3.68. The molecule has 0 aliphatic rings. The summed E-state index contributed by atoms with van der Waals surface area (Å²) in [6, 6.07) is 10.1. The third kappa shape index (κ3) is 1.50. The molecule has 0 saturated carbocycles. The van der Waals surface area contributed by atoms with Crippen LogP contribution < -0.4 is 11.3 Å². The Bertz CT molecular complexity index is 706. The van der Waals surface area contributed by atoms with Crippen molar-refractivity contribution in [2.75, 3.05) is 5.43 Å². The molecule has 3 rings (SSSR count). The summed E-state index contributed by atoms with van der Waals surface area (Å²) in [7, 11) is 0. The maximum Gasteiger partial charge on any atom is 0.143 e. The van der Waals surface area contributed by atoms with E-state index in [4.69, 9.17) is 5.84 Å². The molecule has 0 atom stereocenters. The third-order valence-electron chi connectivity index (χ3n) is 2.88. The van der Waals surface area contributed by atoms with Crippen molar-refractivity contribution >= 4 is 27.6 Å². The van der Waals surface area contributed by atoms with Crippen LogP contribution in [0.1, 0.15) is 5.56 Å². The molecule has 3 aromatic rings. The van der Waals surface area contributed by atoms with Crippen molar-refractivity contribution in [3.05, 3.63) is 42.1 Å². The molecule has 0 saturated heterocycles. The van der Waals surface area contributed by atoms with Crippen molar-refractivity contribution in [3.8, 4) is 0 Å². The maximum absolute atomic E-state index is 5.45. The Morgan fingerprint density at radius 3 is 2.76 bits per heavy atom. The molecule has 2 heterocycles. The second-order valence-electron chi connectivity index (χ2n) is 4.01. The summed E-state index contributed by atoms with van der Waals surface area (Å²) in [4.78, 5) is 8.91. The smallest absolute Gasteiger partial charge is 0.143 e. The lowest BCUT2D eigenvalue weighted by atomic mass is 10.1.